The van der Waals surface area contributed by atoms with Crippen molar-refractivity contribution in [1.29, 1.82) is 0 Å². The van der Waals surface area contributed by atoms with Crippen LogP contribution in [0.5, 0.6) is 0 Å². The van der Waals surface area contributed by atoms with Crippen molar-refractivity contribution in [2.75, 3.05) is 4.90 Å². The van der Waals surface area contributed by atoms with Gasteiger partial charge in [0.2, 0.25) is 5.89 Å². The van der Waals surface area contributed by atoms with Crippen LogP contribution in [0.4, 0.5) is 17.1 Å². The molecule has 0 amide bonds. The Labute approximate surface area is 306 Å². The lowest BCUT2D eigenvalue weighted by molar-refractivity contribution is 0.617. The van der Waals surface area contributed by atoms with Crippen LogP contribution in [0, 0.1) is 0 Å². The minimum atomic E-state index is 0.603. The topological polar surface area (TPSA) is 42.4 Å². The molecule has 0 saturated heterocycles. The van der Waals surface area contributed by atoms with E-state index in [0.29, 0.717) is 11.5 Å². The molecule has 2 aromatic heterocycles. The van der Waals surface area contributed by atoms with Crippen molar-refractivity contribution in [3.63, 3.8) is 0 Å². The van der Waals surface area contributed by atoms with Crippen LogP contribution in [0.3, 0.4) is 0 Å². The summed E-state index contributed by atoms with van der Waals surface area (Å²) < 4.78 is 12.8. The van der Waals surface area contributed by atoms with Crippen molar-refractivity contribution in [3.8, 4) is 44.8 Å². The highest BCUT2D eigenvalue weighted by Gasteiger charge is 2.20. The van der Waals surface area contributed by atoms with Crippen molar-refractivity contribution >= 4 is 50.1 Å². The Morgan fingerprint density at radius 3 is 1.70 bits per heavy atom. The van der Waals surface area contributed by atoms with Gasteiger partial charge in [-0.05, 0) is 76.9 Å². The SMILES string of the molecule is c1ccc(-c2ccc(N(c3ccccc3)c3ccc(-c4cccc5c4oc4cc6oc(-c7ccccc7)nc6cc45)cc3)c(-c3ccccc3)c2)cc1. The normalized spacial score (nSPS) is 11.4. The summed E-state index contributed by atoms with van der Waals surface area (Å²) in [6.45, 7) is 0. The van der Waals surface area contributed by atoms with E-state index in [1.807, 2.05) is 36.4 Å². The highest BCUT2D eigenvalue weighted by molar-refractivity contribution is 6.12. The molecule has 0 atom stereocenters. The van der Waals surface area contributed by atoms with Gasteiger partial charge in [-0.25, -0.2) is 4.98 Å². The minimum Gasteiger partial charge on any atom is -0.455 e. The Balaban J connectivity index is 1.07. The first-order valence-electron chi connectivity index (χ1n) is 17.8. The summed E-state index contributed by atoms with van der Waals surface area (Å²) >= 11 is 0. The fourth-order valence-corrected chi connectivity index (χ4v) is 7.34. The predicted octanol–water partition coefficient (Wildman–Crippen LogP) is 13.9. The van der Waals surface area contributed by atoms with E-state index < -0.39 is 0 Å². The molecule has 0 aliphatic rings. The van der Waals surface area contributed by atoms with Crippen molar-refractivity contribution in [2.45, 2.75) is 0 Å². The van der Waals surface area contributed by atoms with Crippen LogP contribution >= 0.6 is 0 Å². The minimum absolute atomic E-state index is 0.603. The van der Waals surface area contributed by atoms with E-state index >= 15 is 0 Å². The molecule has 0 radical (unpaired) electrons. The standard InChI is InChI=1S/C49H32N2O2/c1-5-14-33(15-6-1)37-26-29-45(42(30-37)34-16-7-2-8-17-34)51(38-20-11-4-12-21-38)39-27-24-35(25-28-39)40-22-13-23-41-43-31-44-47(32-46(43)52-48(40)41)53-49(50-44)36-18-9-3-10-19-36/h1-32H. The Morgan fingerprint density at radius 1 is 0.377 bits per heavy atom. The summed E-state index contributed by atoms with van der Waals surface area (Å²) in [5.41, 5.74) is 14.1. The van der Waals surface area contributed by atoms with Gasteiger partial charge in [-0.1, -0.05) is 133 Å². The summed E-state index contributed by atoms with van der Waals surface area (Å²) in [7, 11) is 0. The Kier molecular flexibility index (Phi) is 7.43. The second-order valence-electron chi connectivity index (χ2n) is 13.2. The number of hydrogen-bond donors (Lipinski definition) is 0. The quantitative estimate of drug-likeness (QED) is 0.168. The van der Waals surface area contributed by atoms with Gasteiger partial charge < -0.3 is 13.7 Å². The molecule has 0 bridgehead atoms. The summed E-state index contributed by atoms with van der Waals surface area (Å²) in [6, 6.07) is 67.7. The lowest BCUT2D eigenvalue weighted by Crippen LogP contribution is -2.11. The smallest absolute Gasteiger partial charge is 0.227 e. The number of oxazole rings is 1. The second kappa shape index (κ2) is 12.9. The second-order valence-corrected chi connectivity index (χ2v) is 13.2. The molecule has 0 unspecified atom stereocenters. The lowest BCUT2D eigenvalue weighted by atomic mass is 9.96. The van der Waals surface area contributed by atoms with E-state index in [1.165, 1.54) is 11.1 Å². The molecule has 0 fully saturated rings. The molecule has 250 valence electrons. The first kappa shape index (κ1) is 30.6. The van der Waals surface area contributed by atoms with Crippen molar-refractivity contribution in [3.05, 3.63) is 194 Å². The van der Waals surface area contributed by atoms with E-state index in [1.54, 1.807) is 0 Å². The molecule has 8 aromatic carbocycles. The van der Waals surface area contributed by atoms with Crippen LogP contribution in [0.1, 0.15) is 0 Å². The van der Waals surface area contributed by atoms with Crippen molar-refractivity contribution < 1.29 is 8.83 Å². The van der Waals surface area contributed by atoms with Crippen LogP contribution in [-0.4, -0.2) is 4.98 Å². The number of furan rings is 1. The molecule has 0 aliphatic heterocycles. The van der Waals surface area contributed by atoms with Crippen LogP contribution in [0.25, 0.3) is 77.9 Å². The zero-order valence-electron chi connectivity index (χ0n) is 28.7. The highest BCUT2D eigenvalue weighted by atomic mass is 16.4. The van der Waals surface area contributed by atoms with Crippen molar-refractivity contribution in [2.24, 2.45) is 0 Å². The molecule has 2 heterocycles. The van der Waals surface area contributed by atoms with Crippen LogP contribution in [0.15, 0.2) is 203 Å². The van der Waals surface area contributed by atoms with Gasteiger partial charge in [0.1, 0.15) is 16.7 Å². The van der Waals surface area contributed by atoms with Crippen LogP contribution in [0.2, 0.25) is 0 Å². The van der Waals surface area contributed by atoms with E-state index in [4.69, 9.17) is 13.8 Å². The number of fused-ring (bicyclic) bond motifs is 4. The Hall–Kier alpha value is -7.17. The number of anilines is 3. The van der Waals surface area contributed by atoms with E-state index in [0.717, 1.165) is 72.3 Å². The first-order valence-corrected chi connectivity index (χ1v) is 17.8. The third-order valence-electron chi connectivity index (χ3n) is 9.91. The van der Waals surface area contributed by atoms with Gasteiger partial charge in [0.15, 0.2) is 5.58 Å². The number of para-hydroxylation sites is 2. The molecule has 10 rings (SSSR count). The molecule has 0 saturated carbocycles. The van der Waals surface area contributed by atoms with Crippen LogP contribution < -0.4 is 4.90 Å². The summed E-state index contributed by atoms with van der Waals surface area (Å²) in [5, 5.41) is 2.06. The molecule has 53 heavy (non-hydrogen) atoms. The predicted molar refractivity (Wildman–Crippen MR) is 218 cm³/mol. The monoisotopic (exact) mass is 680 g/mol. The molecule has 0 spiro atoms. The van der Waals surface area contributed by atoms with E-state index in [2.05, 4.69) is 163 Å². The van der Waals surface area contributed by atoms with Gasteiger partial charge >= 0.3 is 0 Å². The molecule has 0 aliphatic carbocycles. The van der Waals surface area contributed by atoms with Gasteiger partial charge in [0.05, 0.1) is 5.69 Å². The maximum atomic E-state index is 6.59. The average Bonchev–Trinajstić information content (AvgIpc) is 3.82. The third kappa shape index (κ3) is 5.54. The maximum absolute atomic E-state index is 6.59. The summed E-state index contributed by atoms with van der Waals surface area (Å²) in [6.07, 6.45) is 0. The molecular formula is C49H32N2O2. The number of nitrogens with zero attached hydrogens (tertiary/aromatic N) is 2. The van der Waals surface area contributed by atoms with Gasteiger partial charge in [0, 0.05) is 44.9 Å². The third-order valence-corrected chi connectivity index (χ3v) is 9.91. The first-order chi connectivity index (χ1) is 26.3. The van der Waals surface area contributed by atoms with Gasteiger partial charge in [-0.15, -0.1) is 0 Å². The summed E-state index contributed by atoms with van der Waals surface area (Å²) in [5.74, 6) is 0.603. The average molecular weight is 681 g/mol. The van der Waals surface area contributed by atoms with Crippen molar-refractivity contribution in [1.82, 2.24) is 4.98 Å². The molecule has 4 heteroatoms. The maximum Gasteiger partial charge on any atom is 0.227 e. The fourth-order valence-electron chi connectivity index (χ4n) is 7.34. The number of hydrogen-bond acceptors (Lipinski definition) is 4. The Morgan fingerprint density at radius 2 is 0.981 bits per heavy atom. The zero-order valence-corrected chi connectivity index (χ0v) is 28.7. The van der Waals surface area contributed by atoms with E-state index in [9.17, 15) is 0 Å². The molecule has 0 N–H and O–H groups in total. The van der Waals surface area contributed by atoms with E-state index in [-0.39, 0.29) is 0 Å². The summed E-state index contributed by atoms with van der Waals surface area (Å²) in [4.78, 5) is 7.15. The molecule has 4 nitrogen and oxygen atoms in total. The number of rotatable bonds is 7. The van der Waals surface area contributed by atoms with Gasteiger partial charge in [-0.3, -0.25) is 0 Å². The van der Waals surface area contributed by atoms with Gasteiger partial charge in [-0.2, -0.15) is 0 Å². The largest absolute Gasteiger partial charge is 0.455 e. The Bertz CT molecular complexity index is 2860. The fraction of sp³-hybridized carbons (Fsp3) is 0. The zero-order chi connectivity index (χ0) is 35.1. The number of benzene rings is 8. The number of aromatic nitrogens is 1. The van der Waals surface area contributed by atoms with Crippen LogP contribution in [-0.2, 0) is 0 Å². The highest BCUT2D eigenvalue weighted by Crippen LogP contribution is 2.44. The molecule has 10 aromatic rings. The molecular weight excluding hydrogens is 649 g/mol. The lowest BCUT2D eigenvalue weighted by Gasteiger charge is -2.28. The van der Waals surface area contributed by atoms with Gasteiger partial charge in [0.25, 0.3) is 0 Å².